The topological polar surface area (TPSA) is 57.4 Å². The van der Waals surface area contributed by atoms with Crippen molar-refractivity contribution in [3.05, 3.63) is 161 Å². The van der Waals surface area contributed by atoms with Crippen LogP contribution in [0.5, 0.6) is 0 Å². The van der Waals surface area contributed by atoms with Crippen molar-refractivity contribution < 1.29 is 0 Å². The highest BCUT2D eigenvalue weighted by Gasteiger charge is 2.23. The van der Waals surface area contributed by atoms with E-state index in [-0.39, 0.29) is 0 Å². The van der Waals surface area contributed by atoms with Gasteiger partial charge in [0.1, 0.15) is 0 Å². The third-order valence-electron chi connectivity index (χ3n) is 11.7. The molecule has 0 aliphatic heterocycles. The van der Waals surface area contributed by atoms with E-state index in [2.05, 4.69) is 149 Å². The SMILES string of the molecule is N#Cc1ccc(-n2c3ccccc3c3ccc4c5ccccc5sc4c32)cc1-c1cc(-n2c3ccccc3c3ccc4sc5c(c4c32)CCC=C5)ccc1C#N. The van der Waals surface area contributed by atoms with Crippen LogP contribution in [0, 0.1) is 22.7 Å². The lowest BCUT2D eigenvalue weighted by Crippen LogP contribution is -2.00. The predicted octanol–water partition coefficient (Wildman–Crippen LogP) is 13.8. The van der Waals surface area contributed by atoms with E-state index in [4.69, 9.17) is 0 Å². The van der Waals surface area contributed by atoms with Crippen molar-refractivity contribution in [1.82, 2.24) is 9.13 Å². The monoisotopic (exact) mass is 748 g/mol. The molecule has 4 nitrogen and oxygen atoms in total. The Morgan fingerprint density at radius 2 is 1.11 bits per heavy atom. The Kier molecular flexibility index (Phi) is 6.60. The van der Waals surface area contributed by atoms with Crippen LogP contribution in [0.2, 0.25) is 0 Å². The molecule has 0 amide bonds. The first kappa shape index (κ1) is 31.4. The average molecular weight is 749 g/mol. The predicted molar refractivity (Wildman–Crippen MR) is 236 cm³/mol. The molecule has 1 aliphatic carbocycles. The number of nitrogens with zero attached hydrogens (tertiary/aromatic N) is 4. The molecule has 4 aromatic heterocycles. The zero-order valence-corrected chi connectivity index (χ0v) is 31.5. The highest BCUT2D eigenvalue weighted by molar-refractivity contribution is 7.26. The van der Waals surface area contributed by atoms with E-state index >= 15 is 0 Å². The Morgan fingerprint density at radius 3 is 1.80 bits per heavy atom. The molecule has 4 heterocycles. The van der Waals surface area contributed by atoms with E-state index in [9.17, 15) is 10.5 Å². The lowest BCUT2D eigenvalue weighted by molar-refractivity contribution is 1.01. The Morgan fingerprint density at radius 1 is 0.518 bits per heavy atom. The zero-order valence-electron chi connectivity index (χ0n) is 29.9. The summed E-state index contributed by atoms with van der Waals surface area (Å²) in [5, 5.41) is 29.8. The Labute approximate surface area is 329 Å². The summed E-state index contributed by atoms with van der Waals surface area (Å²) >= 11 is 3.68. The second-order valence-corrected chi connectivity index (χ2v) is 16.7. The molecule has 0 bridgehead atoms. The van der Waals surface area contributed by atoms with Gasteiger partial charge in [0.25, 0.3) is 0 Å². The molecule has 56 heavy (non-hydrogen) atoms. The van der Waals surface area contributed by atoms with Gasteiger partial charge in [-0.3, -0.25) is 0 Å². The third kappa shape index (κ3) is 4.26. The van der Waals surface area contributed by atoms with Gasteiger partial charge in [0.05, 0.1) is 50.0 Å². The molecule has 0 spiro atoms. The van der Waals surface area contributed by atoms with E-state index < -0.39 is 0 Å². The van der Waals surface area contributed by atoms with Crippen LogP contribution in [0.25, 0.3) is 102 Å². The van der Waals surface area contributed by atoms with Crippen LogP contribution in [0.4, 0.5) is 0 Å². The van der Waals surface area contributed by atoms with Crippen molar-refractivity contribution in [2.75, 3.05) is 0 Å². The molecule has 12 rings (SSSR count). The molecule has 6 heteroatoms. The van der Waals surface area contributed by atoms with Crippen LogP contribution in [-0.4, -0.2) is 9.13 Å². The largest absolute Gasteiger partial charge is 0.309 e. The fraction of sp³-hybridized carbons (Fsp3) is 0.0400. The summed E-state index contributed by atoms with van der Waals surface area (Å²) < 4.78 is 8.49. The quantitative estimate of drug-likeness (QED) is 0.181. The third-order valence-corrected chi connectivity index (χ3v) is 14.0. The lowest BCUT2D eigenvalue weighted by atomic mass is 9.94. The van der Waals surface area contributed by atoms with Crippen LogP contribution in [0.3, 0.4) is 0 Å². The van der Waals surface area contributed by atoms with Gasteiger partial charge in [0.2, 0.25) is 0 Å². The van der Waals surface area contributed by atoms with Gasteiger partial charge in [-0.2, -0.15) is 10.5 Å². The molecule has 260 valence electrons. The van der Waals surface area contributed by atoms with Crippen molar-refractivity contribution >= 4 is 103 Å². The van der Waals surface area contributed by atoms with Crippen molar-refractivity contribution in [3.8, 4) is 34.6 Å². The second kappa shape index (κ2) is 11.8. The van der Waals surface area contributed by atoms with Crippen LogP contribution in [0.1, 0.15) is 28.0 Å². The standard InChI is InChI=1S/C50H28N4S2/c51-27-29-17-19-31(53-42-13-5-1-9-33(42)36-23-24-46-47(48(36)53)39-12-4-8-16-45(39)55-46)25-40(29)41-26-32(20-18-30(41)28-52)54-43-14-6-2-10-34(43)37-21-22-38-35-11-3-7-15-44(35)56-50(38)49(37)54/h1-3,5-11,13-26H,4,12H2. The first-order valence-corrected chi connectivity index (χ1v) is 20.4. The molecule has 11 aromatic rings. The second-order valence-electron chi connectivity index (χ2n) is 14.5. The van der Waals surface area contributed by atoms with Gasteiger partial charge in [-0.05, 0) is 85.1 Å². The number of aryl methyl sites for hydroxylation is 1. The number of thiophene rings is 2. The summed E-state index contributed by atoms with van der Waals surface area (Å²) in [4.78, 5) is 1.34. The number of allylic oxidation sites excluding steroid dienone is 1. The number of hydrogen-bond acceptors (Lipinski definition) is 4. The normalized spacial score (nSPS) is 12.8. The smallest absolute Gasteiger partial charge is 0.0998 e. The van der Waals surface area contributed by atoms with Gasteiger partial charge < -0.3 is 9.13 Å². The van der Waals surface area contributed by atoms with E-state index in [1.165, 1.54) is 67.8 Å². The Balaban J connectivity index is 1.14. The molecule has 0 saturated heterocycles. The number of rotatable bonds is 3. The fourth-order valence-electron chi connectivity index (χ4n) is 9.27. The molecule has 0 atom stereocenters. The zero-order chi connectivity index (χ0) is 37.1. The molecule has 0 radical (unpaired) electrons. The van der Waals surface area contributed by atoms with E-state index in [1.807, 2.05) is 40.9 Å². The molecule has 1 aliphatic rings. The van der Waals surface area contributed by atoms with Gasteiger partial charge in [0, 0.05) is 74.5 Å². The molecule has 0 N–H and O–H groups in total. The molecular formula is C50H28N4S2. The maximum Gasteiger partial charge on any atom is 0.0998 e. The van der Waals surface area contributed by atoms with Gasteiger partial charge in [0.15, 0.2) is 0 Å². The van der Waals surface area contributed by atoms with Crippen LogP contribution >= 0.6 is 22.7 Å². The number of nitriles is 2. The van der Waals surface area contributed by atoms with Crippen LogP contribution in [0.15, 0.2) is 140 Å². The first-order valence-electron chi connectivity index (χ1n) is 18.8. The highest BCUT2D eigenvalue weighted by Crippen LogP contribution is 2.46. The highest BCUT2D eigenvalue weighted by atomic mass is 32.1. The van der Waals surface area contributed by atoms with Crippen molar-refractivity contribution in [2.24, 2.45) is 0 Å². The summed E-state index contributed by atoms with van der Waals surface area (Å²) in [5.41, 5.74) is 10.4. The average Bonchev–Trinajstić information content (AvgIpc) is 4.01. The van der Waals surface area contributed by atoms with Crippen LogP contribution < -0.4 is 0 Å². The Bertz CT molecular complexity index is 3630. The number of benzene rings is 7. The van der Waals surface area contributed by atoms with Crippen LogP contribution in [-0.2, 0) is 6.42 Å². The summed E-state index contributed by atoms with van der Waals surface area (Å²) in [6.07, 6.45) is 6.61. The first-order chi connectivity index (χ1) is 27.7. The molecule has 0 saturated carbocycles. The summed E-state index contributed by atoms with van der Waals surface area (Å²) in [7, 11) is 0. The van der Waals surface area contributed by atoms with E-state index in [0.717, 1.165) is 51.9 Å². The van der Waals surface area contributed by atoms with Crippen molar-refractivity contribution in [3.63, 3.8) is 0 Å². The van der Waals surface area contributed by atoms with Gasteiger partial charge in [-0.15, -0.1) is 22.7 Å². The van der Waals surface area contributed by atoms with Gasteiger partial charge in [-0.1, -0.05) is 78.9 Å². The number of para-hydroxylation sites is 2. The molecule has 0 unspecified atom stereocenters. The minimum absolute atomic E-state index is 0.526. The van der Waals surface area contributed by atoms with E-state index in [1.54, 1.807) is 0 Å². The maximum atomic E-state index is 10.6. The van der Waals surface area contributed by atoms with E-state index in [0.29, 0.717) is 11.1 Å². The van der Waals surface area contributed by atoms with Gasteiger partial charge >= 0.3 is 0 Å². The number of hydrogen-bond donors (Lipinski definition) is 0. The fourth-order valence-corrected chi connectivity index (χ4v) is 11.7. The van der Waals surface area contributed by atoms with Crippen molar-refractivity contribution in [1.29, 1.82) is 10.5 Å². The summed E-state index contributed by atoms with van der Waals surface area (Å²) in [6, 6.07) is 52.0. The number of aromatic nitrogens is 2. The minimum Gasteiger partial charge on any atom is -0.309 e. The molecular weight excluding hydrogens is 721 g/mol. The minimum atomic E-state index is 0.526. The van der Waals surface area contributed by atoms with Crippen molar-refractivity contribution in [2.45, 2.75) is 12.8 Å². The summed E-state index contributed by atoms with van der Waals surface area (Å²) in [6.45, 7) is 0. The lowest BCUT2D eigenvalue weighted by Gasteiger charge is -2.16. The van der Waals surface area contributed by atoms with Gasteiger partial charge in [-0.25, -0.2) is 0 Å². The summed E-state index contributed by atoms with van der Waals surface area (Å²) in [5.74, 6) is 0. The maximum absolute atomic E-state index is 10.6. The molecule has 0 fully saturated rings. The number of fused-ring (bicyclic) bond motifs is 14. The molecule has 7 aromatic carbocycles. The Hall–Kier alpha value is -6.96.